The fraction of sp³-hybridized carbons (Fsp3) is 0.211. The Balaban J connectivity index is 2.19. The molecular formula is C19H19FN2O. The molecule has 0 bridgehead atoms. The zero-order chi connectivity index (χ0) is 16.6. The standard InChI is InChI=1S/C19H19FN2O/c1-11-17(13(3)23)12(2)22-19(11)18(16-5-4-10-21-16)14-6-8-15(20)9-7-14/h4-10,18,21-22H,1-3H3. The van der Waals surface area contributed by atoms with Crippen molar-refractivity contribution >= 4 is 5.78 Å². The van der Waals surface area contributed by atoms with E-state index in [2.05, 4.69) is 9.97 Å². The summed E-state index contributed by atoms with van der Waals surface area (Å²) >= 11 is 0. The van der Waals surface area contributed by atoms with Crippen LogP contribution in [-0.2, 0) is 0 Å². The van der Waals surface area contributed by atoms with Gasteiger partial charge in [-0.2, -0.15) is 0 Å². The molecule has 2 heterocycles. The van der Waals surface area contributed by atoms with Crippen LogP contribution >= 0.6 is 0 Å². The molecule has 0 spiro atoms. The normalized spacial score (nSPS) is 12.3. The first kappa shape index (κ1) is 15.3. The zero-order valence-corrected chi connectivity index (χ0v) is 13.4. The van der Waals surface area contributed by atoms with E-state index in [-0.39, 0.29) is 17.5 Å². The summed E-state index contributed by atoms with van der Waals surface area (Å²) in [5.41, 5.74) is 5.47. The molecule has 1 aromatic carbocycles. The third-order valence-electron chi connectivity index (χ3n) is 4.25. The van der Waals surface area contributed by atoms with Crippen LogP contribution in [0.3, 0.4) is 0 Å². The molecule has 3 rings (SSSR count). The smallest absolute Gasteiger partial charge is 0.161 e. The summed E-state index contributed by atoms with van der Waals surface area (Å²) in [6.45, 7) is 5.44. The van der Waals surface area contributed by atoms with E-state index in [0.717, 1.165) is 33.8 Å². The number of nitrogens with one attached hydrogen (secondary N) is 2. The first-order valence-corrected chi connectivity index (χ1v) is 7.57. The fourth-order valence-corrected chi connectivity index (χ4v) is 3.27. The van der Waals surface area contributed by atoms with Crippen LogP contribution in [0.2, 0.25) is 0 Å². The van der Waals surface area contributed by atoms with Gasteiger partial charge in [-0.05, 0) is 56.2 Å². The molecule has 0 fully saturated rings. The van der Waals surface area contributed by atoms with Crippen LogP contribution in [0, 0.1) is 19.7 Å². The summed E-state index contributed by atoms with van der Waals surface area (Å²) in [6, 6.07) is 10.4. The Bertz CT molecular complexity index is 829. The van der Waals surface area contributed by atoms with Gasteiger partial charge >= 0.3 is 0 Å². The van der Waals surface area contributed by atoms with Gasteiger partial charge in [0.2, 0.25) is 0 Å². The molecule has 1 atom stereocenters. The third kappa shape index (κ3) is 2.72. The van der Waals surface area contributed by atoms with Crippen molar-refractivity contribution in [2.75, 3.05) is 0 Å². The van der Waals surface area contributed by atoms with Crippen LogP contribution in [0.25, 0.3) is 0 Å². The predicted octanol–water partition coefficient (Wildman–Crippen LogP) is 4.48. The molecule has 1 unspecified atom stereocenters. The Morgan fingerprint density at radius 2 is 1.83 bits per heavy atom. The number of hydrogen-bond donors (Lipinski definition) is 2. The molecule has 0 saturated carbocycles. The topological polar surface area (TPSA) is 48.6 Å². The molecule has 0 aliphatic carbocycles. The predicted molar refractivity (Wildman–Crippen MR) is 88.4 cm³/mol. The van der Waals surface area contributed by atoms with Crippen molar-refractivity contribution in [2.45, 2.75) is 26.7 Å². The van der Waals surface area contributed by atoms with Gasteiger partial charge in [0.15, 0.2) is 5.78 Å². The highest BCUT2D eigenvalue weighted by atomic mass is 19.1. The number of rotatable bonds is 4. The minimum Gasteiger partial charge on any atom is -0.364 e. The molecule has 118 valence electrons. The summed E-state index contributed by atoms with van der Waals surface area (Å²) < 4.78 is 13.3. The number of aryl methyl sites for hydroxylation is 1. The Labute approximate surface area is 134 Å². The van der Waals surface area contributed by atoms with Crippen LogP contribution in [0.5, 0.6) is 0 Å². The van der Waals surface area contributed by atoms with Crippen LogP contribution in [0.15, 0.2) is 42.6 Å². The highest BCUT2D eigenvalue weighted by molar-refractivity contribution is 5.97. The number of aromatic amines is 2. The van der Waals surface area contributed by atoms with Gasteiger partial charge in [0.25, 0.3) is 0 Å². The lowest BCUT2D eigenvalue weighted by atomic mass is 9.89. The van der Waals surface area contributed by atoms with Gasteiger partial charge in [0, 0.05) is 28.8 Å². The lowest BCUT2D eigenvalue weighted by Crippen LogP contribution is -2.06. The van der Waals surface area contributed by atoms with E-state index >= 15 is 0 Å². The van der Waals surface area contributed by atoms with Crippen molar-refractivity contribution in [1.29, 1.82) is 0 Å². The number of aromatic nitrogens is 2. The van der Waals surface area contributed by atoms with Gasteiger partial charge in [0.05, 0.1) is 5.92 Å². The lowest BCUT2D eigenvalue weighted by molar-refractivity contribution is 0.101. The van der Waals surface area contributed by atoms with Crippen LogP contribution < -0.4 is 0 Å². The molecule has 0 saturated heterocycles. The number of H-pyrrole nitrogens is 2. The SMILES string of the molecule is CC(=O)c1c(C)[nH]c(C(c2ccc(F)cc2)c2ccc[nH]2)c1C. The highest BCUT2D eigenvalue weighted by Crippen LogP contribution is 2.34. The summed E-state index contributed by atoms with van der Waals surface area (Å²) in [5, 5.41) is 0. The quantitative estimate of drug-likeness (QED) is 0.686. The fourth-order valence-electron chi connectivity index (χ4n) is 3.27. The Hall–Kier alpha value is -2.62. The Morgan fingerprint density at radius 3 is 2.35 bits per heavy atom. The molecule has 3 nitrogen and oxygen atoms in total. The second-order valence-corrected chi connectivity index (χ2v) is 5.83. The molecular weight excluding hydrogens is 291 g/mol. The number of carbonyl (C=O) groups is 1. The molecule has 0 aliphatic heterocycles. The molecule has 0 amide bonds. The zero-order valence-electron chi connectivity index (χ0n) is 13.4. The van der Waals surface area contributed by atoms with Gasteiger partial charge in [-0.25, -0.2) is 4.39 Å². The molecule has 0 radical (unpaired) electrons. The largest absolute Gasteiger partial charge is 0.364 e. The van der Waals surface area contributed by atoms with Crippen LogP contribution in [0.4, 0.5) is 4.39 Å². The second-order valence-electron chi connectivity index (χ2n) is 5.83. The van der Waals surface area contributed by atoms with Gasteiger partial charge in [-0.3, -0.25) is 4.79 Å². The van der Waals surface area contributed by atoms with E-state index in [1.165, 1.54) is 12.1 Å². The van der Waals surface area contributed by atoms with E-state index in [9.17, 15) is 9.18 Å². The molecule has 4 heteroatoms. The molecule has 0 aliphatic rings. The van der Waals surface area contributed by atoms with Crippen molar-refractivity contribution in [3.8, 4) is 0 Å². The number of halogens is 1. The summed E-state index contributed by atoms with van der Waals surface area (Å²) in [7, 11) is 0. The lowest BCUT2D eigenvalue weighted by Gasteiger charge is -2.17. The molecule has 3 aromatic rings. The van der Waals surface area contributed by atoms with Crippen LogP contribution in [0.1, 0.15) is 51.4 Å². The van der Waals surface area contributed by atoms with E-state index in [0.29, 0.717) is 0 Å². The van der Waals surface area contributed by atoms with Crippen molar-refractivity contribution in [3.63, 3.8) is 0 Å². The molecule has 2 aromatic heterocycles. The van der Waals surface area contributed by atoms with Gasteiger partial charge < -0.3 is 9.97 Å². The maximum absolute atomic E-state index is 13.3. The Morgan fingerprint density at radius 1 is 1.13 bits per heavy atom. The van der Waals surface area contributed by atoms with Gasteiger partial charge in [-0.1, -0.05) is 12.1 Å². The van der Waals surface area contributed by atoms with E-state index in [4.69, 9.17) is 0 Å². The second kappa shape index (κ2) is 5.88. The minimum atomic E-state index is -0.261. The average molecular weight is 310 g/mol. The van der Waals surface area contributed by atoms with E-state index < -0.39 is 0 Å². The molecule has 2 N–H and O–H groups in total. The summed E-state index contributed by atoms with van der Waals surface area (Å²) in [5.74, 6) is -0.313. The maximum Gasteiger partial charge on any atom is 0.161 e. The van der Waals surface area contributed by atoms with Gasteiger partial charge in [0.1, 0.15) is 5.82 Å². The maximum atomic E-state index is 13.3. The van der Waals surface area contributed by atoms with Crippen molar-refractivity contribution < 1.29 is 9.18 Å². The van der Waals surface area contributed by atoms with Crippen molar-refractivity contribution in [1.82, 2.24) is 9.97 Å². The summed E-state index contributed by atoms with van der Waals surface area (Å²) in [6.07, 6.45) is 1.86. The number of ketones is 1. The van der Waals surface area contributed by atoms with E-state index in [1.54, 1.807) is 19.1 Å². The highest BCUT2D eigenvalue weighted by Gasteiger charge is 2.25. The Kier molecular flexibility index (Phi) is 3.90. The van der Waals surface area contributed by atoms with Gasteiger partial charge in [-0.15, -0.1) is 0 Å². The number of hydrogen-bond acceptors (Lipinski definition) is 1. The first-order valence-electron chi connectivity index (χ1n) is 7.57. The monoisotopic (exact) mass is 310 g/mol. The average Bonchev–Trinajstić information content (AvgIpc) is 3.11. The summed E-state index contributed by atoms with van der Waals surface area (Å²) in [4.78, 5) is 18.5. The van der Waals surface area contributed by atoms with Crippen LogP contribution in [-0.4, -0.2) is 15.8 Å². The van der Waals surface area contributed by atoms with Crippen molar-refractivity contribution in [2.24, 2.45) is 0 Å². The number of benzene rings is 1. The number of carbonyl (C=O) groups excluding carboxylic acids is 1. The van der Waals surface area contributed by atoms with Crippen molar-refractivity contribution in [3.05, 3.63) is 82.2 Å². The minimum absolute atomic E-state index is 0.0480. The number of Topliss-reactive ketones (excluding diaryl/α,β-unsaturated/α-hetero) is 1. The third-order valence-corrected chi connectivity index (χ3v) is 4.25. The molecule has 23 heavy (non-hydrogen) atoms. The first-order chi connectivity index (χ1) is 11.0. The van der Waals surface area contributed by atoms with E-state index in [1.807, 2.05) is 32.2 Å².